The van der Waals surface area contributed by atoms with Gasteiger partial charge in [-0.1, -0.05) is 36.4 Å². The van der Waals surface area contributed by atoms with Crippen molar-refractivity contribution in [2.45, 2.75) is 18.9 Å². The number of rotatable bonds is 3. The van der Waals surface area contributed by atoms with Crippen molar-refractivity contribution in [2.75, 3.05) is 13.1 Å². The molecule has 6 nitrogen and oxygen atoms in total. The van der Waals surface area contributed by atoms with Gasteiger partial charge in [0.1, 0.15) is 0 Å². The van der Waals surface area contributed by atoms with Gasteiger partial charge in [0.05, 0.1) is 17.4 Å². The van der Waals surface area contributed by atoms with Gasteiger partial charge in [-0.05, 0) is 47.9 Å². The van der Waals surface area contributed by atoms with Gasteiger partial charge < -0.3 is 15.2 Å². The predicted octanol–water partition coefficient (Wildman–Crippen LogP) is 3.75. The van der Waals surface area contributed by atoms with E-state index in [2.05, 4.69) is 15.3 Å². The Bertz CT molecular complexity index is 1230. The molecular formula is C24H22N4O2. The molecule has 5 rings (SSSR count). The second kappa shape index (κ2) is 7.63. The summed E-state index contributed by atoms with van der Waals surface area (Å²) in [5.41, 5.74) is 3.04. The van der Waals surface area contributed by atoms with Gasteiger partial charge in [0.25, 0.3) is 11.8 Å². The molecule has 0 bridgehead atoms. The monoisotopic (exact) mass is 398 g/mol. The first-order valence-corrected chi connectivity index (χ1v) is 10.2. The summed E-state index contributed by atoms with van der Waals surface area (Å²) in [5.74, 6) is -0.0356. The van der Waals surface area contributed by atoms with Gasteiger partial charge in [-0.15, -0.1) is 0 Å². The summed E-state index contributed by atoms with van der Waals surface area (Å²) in [6.45, 7) is 1.26. The quantitative estimate of drug-likeness (QED) is 0.552. The largest absolute Gasteiger partial charge is 0.349 e. The van der Waals surface area contributed by atoms with Crippen LogP contribution >= 0.6 is 0 Å². The Balaban J connectivity index is 1.23. The number of aromatic nitrogens is 2. The number of likely N-dealkylation sites (tertiary alicyclic amines) is 1. The van der Waals surface area contributed by atoms with Crippen LogP contribution in [0, 0.1) is 0 Å². The van der Waals surface area contributed by atoms with Crippen LogP contribution in [0.25, 0.3) is 21.8 Å². The fraction of sp³-hybridized carbons (Fsp3) is 0.208. The zero-order valence-electron chi connectivity index (χ0n) is 16.5. The highest BCUT2D eigenvalue weighted by atomic mass is 16.2. The third-order valence-corrected chi connectivity index (χ3v) is 5.82. The average molecular weight is 398 g/mol. The van der Waals surface area contributed by atoms with Crippen LogP contribution in [0.5, 0.6) is 0 Å². The van der Waals surface area contributed by atoms with E-state index < -0.39 is 0 Å². The van der Waals surface area contributed by atoms with E-state index in [1.807, 2.05) is 59.5 Å². The highest BCUT2D eigenvalue weighted by Crippen LogP contribution is 2.22. The third kappa shape index (κ3) is 3.41. The Morgan fingerprint density at radius 3 is 2.67 bits per heavy atom. The lowest BCUT2D eigenvalue weighted by atomic mass is 10.0. The van der Waals surface area contributed by atoms with E-state index in [0.717, 1.165) is 40.2 Å². The van der Waals surface area contributed by atoms with Crippen LogP contribution in [0.3, 0.4) is 0 Å². The van der Waals surface area contributed by atoms with Gasteiger partial charge in [-0.25, -0.2) is 4.98 Å². The minimum Gasteiger partial charge on any atom is -0.349 e. The Labute approximate surface area is 173 Å². The number of H-pyrrole nitrogens is 1. The molecule has 150 valence electrons. The first-order chi connectivity index (χ1) is 14.7. The van der Waals surface area contributed by atoms with Crippen LogP contribution in [0.4, 0.5) is 0 Å². The molecule has 1 aliphatic rings. The molecular weight excluding hydrogens is 376 g/mol. The first-order valence-electron chi connectivity index (χ1n) is 10.2. The van der Waals surface area contributed by atoms with Crippen molar-refractivity contribution in [3.05, 3.63) is 78.1 Å². The number of amides is 2. The number of nitrogens with zero attached hydrogens (tertiary/aromatic N) is 2. The van der Waals surface area contributed by atoms with Crippen LogP contribution in [-0.2, 0) is 0 Å². The van der Waals surface area contributed by atoms with Crippen LogP contribution < -0.4 is 5.32 Å². The summed E-state index contributed by atoms with van der Waals surface area (Å²) >= 11 is 0. The lowest BCUT2D eigenvalue weighted by Gasteiger charge is -2.32. The number of imidazole rings is 1. The van der Waals surface area contributed by atoms with Gasteiger partial charge in [0, 0.05) is 30.3 Å². The van der Waals surface area contributed by atoms with E-state index in [0.29, 0.717) is 18.7 Å². The van der Waals surface area contributed by atoms with Gasteiger partial charge in [-0.3, -0.25) is 9.59 Å². The van der Waals surface area contributed by atoms with E-state index in [-0.39, 0.29) is 17.9 Å². The third-order valence-electron chi connectivity index (χ3n) is 5.82. The number of carbonyl (C=O) groups excluding carboxylic acids is 2. The van der Waals surface area contributed by atoms with E-state index in [4.69, 9.17) is 0 Å². The summed E-state index contributed by atoms with van der Waals surface area (Å²) in [6.07, 6.45) is 3.11. The van der Waals surface area contributed by atoms with Crippen molar-refractivity contribution >= 4 is 33.6 Å². The van der Waals surface area contributed by atoms with Crippen molar-refractivity contribution in [1.29, 1.82) is 0 Å². The standard InChI is InChI=1S/C24H22N4O2/c29-23(17-8-9-21-22(14-17)26-15-25-21)27-18-10-12-28(13-11-18)24(30)20-7-3-5-16-4-1-2-6-19(16)20/h1-9,14-15,18H,10-13H2,(H,25,26)(H,27,29). The van der Waals surface area contributed by atoms with Crippen molar-refractivity contribution in [2.24, 2.45) is 0 Å². The van der Waals surface area contributed by atoms with Gasteiger partial charge in [-0.2, -0.15) is 0 Å². The van der Waals surface area contributed by atoms with Crippen LogP contribution in [0.1, 0.15) is 33.6 Å². The van der Waals surface area contributed by atoms with Crippen LogP contribution in [0.15, 0.2) is 67.0 Å². The van der Waals surface area contributed by atoms with Crippen LogP contribution in [0.2, 0.25) is 0 Å². The van der Waals surface area contributed by atoms with E-state index in [1.54, 1.807) is 12.4 Å². The van der Waals surface area contributed by atoms with Gasteiger partial charge in [0.2, 0.25) is 0 Å². The van der Waals surface area contributed by atoms with Crippen LogP contribution in [-0.4, -0.2) is 45.8 Å². The Hall–Kier alpha value is -3.67. The minimum absolute atomic E-state index is 0.0567. The Morgan fingerprint density at radius 2 is 1.80 bits per heavy atom. The molecule has 0 radical (unpaired) electrons. The molecule has 0 atom stereocenters. The number of fused-ring (bicyclic) bond motifs is 2. The van der Waals surface area contributed by atoms with Crippen molar-refractivity contribution in [3.63, 3.8) is 0 Å². The number of piperidine rings is 1. The Kier molecular flexibility index (Phi) is 4.67. The maximum absolute atomic E-state index is 13.1. The highest BCUT2D eigenvalue weighted by Gasteiger charge is 2.25. The molecule has 1 aromatic heterocycles. The Morgan fingerprint density at radius 1 is 1.00 bits per heavy atom. The molecule has 3 aromatic carbocycles. The maximum atomic E-state index is 13.1. The summed E-state index contributed by atoms with van der Waals surface area (Å²) < 4.78 is 0. The molecule has 1 fully saturated rings. The molecule has 2 amide bonds. The molecule has 0 saturated carbocycles. The van der Waals surface area contributed by atoms with E-state index in [9.17, 15) is 9.59 Å². The summed E-state index contributed by atoms with van der Waals surface area (Å²) in [7, 11) is 0. The molecule has 0 unspecified atom stereocenters. The number of carbonyl (C=O) groups is 2. The number of aromatic amines is 1. The second-order valence-corrected chi connectivity index (χ2v) is 7.70. The SMILES string of the molecule is O=C(NC1CCN(C(=O)c2cccc3ccccc23)CC1)c1ccc2nc[nH]c2c1. The highest BCUT2D eigenvalue weighted by molar-refractivity contribution is 6.07. The topological polar surface area (TPSA) is 78.1 Å². The fourth-order valence-corrected chi connectivity index (χ4v) is 4.15. The molecule has 2 heterocycles. The fourth-order valence-electron chi connectivity index (χ4n) is 4.15. The first kappa shape index (κ1) is 18.4. The second-order valence-electron chi connectivity index (χ2n) is 7.70. The zero-order chi connectivity index (χ0) is 20.5. The molecule has 6 heteroatoms. The number of hydrogen-bond acceptors (Lipinski definition) is 3. The smallest absolute Gasteiger partial charge is 0.254 e. The van der Waals surface area contributed by atoms with Gasteiger partial charge >= 0.3 is 0 Å². The van der Waals surface area contributed by atoms with Crippen molar-refractivity contribution in [1.82, 2.24) is 20.2 Å². The molecule has 1 saturated heterocycles. The number of nitrogens with one attached hydrogen (secondary N) is 2. The average Bonchev–Trinajstić information content (AvgIpc) is 3.27. The normalized spacial score (nSPS) is 14.9. The van der Waals surface area contributed by atoms with Crippen molar-refractivity contribution < 1.29 is 9.59 Å². The van der Waals surface area contributed by atoms with E-state index >= 15 is 0 Å². The molecule has 0 aliphatic carbocycles. The molecule has 4 aromatic rings. The molecule has 1 aliphatic heterocycles. The lowest BCUT2D eigenvalue weighted by molar-refractivity contribution is 0.0700. The molecule has 2 N–H and O–H groups in total. The molecule has 30 heavy (non-hydrogen) atoms. The molecule has 0 spiro atoms. The lowest BCUT2D eigenvalue weighted by Crippen LogP contribution is -2.46. The number of benzene rings is 3. The summed E-state index contributed by atoms with van der Waals surface area (Å²) in [5, 5.41) is 5.16. The predicted molar refractivity (Wildman–Crippen MR) is 116 cm³/mol. The summed E-state index contributed by atoms with van der Waals surface area (Å²) in [6, 6.07) is 19.3. The maximum Gasteiger partial charge on any atom is 0.254 e. The number of hydrogen-bond donors (Lipinski definition) is 2. The van der Waals surface area contributed by atoms with Gasteiger partial charge in [0.15, 0.2) is 0 Å². The van der Waals surface area contributed by atoms with Crippen molar-refractivity contribution in [3.8, 4) is 0 Å². The minimum atomic E-state index is -0.0923. The zero-order valence-corrected chi connectivity index (χ0v) is 16.5. The summed E-state index contributed by atoms with van der Waals surface area (Å²) in [4.78, 5) is 34.8. The van der Waals surface area contributed by atoms with E-state index in [1.165, 1.54) is 0 Å².